The van der Waals surface area contributed by atoms with Crippen molar-refractivity contribution in [2.24, 2.45) is 0 Å². The molecule has 1 aliphatic rings. The Kier molecular flexibility index (Phi) is 7.13. The maximum atomic E-state index is 11.9. The van der Waals surface area contributed by atoms with Crippen LogP contribution in [0.5, 0.6) is 0 Å². The number of carbonyl (C=O) groups is 4. The van der Waals surface area contributed by atoms with E-state index in [0.29, 0.717) is 37.2 Å². The summed E-state index contributed by atoms with van der Waals surface area (Å²) >= 11 is 0. The molecular formula is C18H23N3O5. The van der Waals surface area contributed by atoms with E-state index in [2.05, 4.69) is 10.6 Å². The van der Waals surface area contributed by atoms with Gasteiger partial charge in [0, 0.05) is 31.7 Å². The van der Waals surface area contributed by atoms with E-state index in [1.54, 1.807) is 11.8 Å². The molecule has 0 saturated carbocycles. The van der Waals surface area contributed by atoms with E-state index in [9.17, 15) is 19.2 Å². The number of esters is 1. The van der Waals surface area contributed by atoms with E-state index >= 15 is 0 Å². The number of carbonyl (C=O) groups excluding carboxylic acids is 4. The summed E-state index contributed by atoms with van der Waals surface area (Å²) in [4.78, 5) is 48.4. The van der Waals surface area contributed by atoms with Gasteiger partial charge in [0.15, 0.2) is 0 Å². The largest absolute Gasteiger partial charge is 0.462 e. The molecule has 140 valence electrons. The molecule has 0 spiro atoms. The number of hydrogen-bond donors (Lipinski definition) is 2. The SMILES string of the molecule is CCOC(=O)c1ccc(NC(=O)C(=O)NCCCN2CCCC2=O)cc1. The van der Waals surface area contributed by atoms with Crippen LogP contribution in [0.4, 0.5) is 5.69 Å². The van der Waals surface area contributed by atoms with E-state index in [1.807, 2.05) is 0 Å². The Balaban J connectivity index is 1.71. The highest BCUT2D eigenvalue weighted by molar-refractivity contribution is 6.39. The van der Waals surface area contributed by atoms with Crippen LogP contribution in [0, 0.1) is 0 Å². The predicted molar refractivity (Wildman–Crippen MR) is 94.5 cm³/mol. The molecule has 0 bridgehead atoms. The molecule has 1 aromatic carbocycles. The van der Waals surface area contributed by atoms with Crippen molar-refractivity contribution in [2.45, 2.75) is 26.2 Å². The molecule has 0 unspecified atom stereocenters. The molecule has 1 aromatic rings. The number of amides is 3. The molecule has 2 N–H and O–H groups in total. The summed E-state index contributed by atoms with van der Waals surface area (Å²) in [6.45, 7) is 3.65. The van der Waals surface area contributed by atoms with Gasteiger partial charge in [-0.2, -0.15) is 0 Å². The van der Waals surface area contributed by atoms with Crippen molar-refractivity contribution in [3.05, 3.63) is 29.8 Å². The van der Waals surface area contributed by atoms with Gasteiger partial charge in [0.05, 0.1) is 12.2 Å². The lowest BCUT2D eigenvalue weighted by atomic mass is 10.2. The third kappa shape index (κ3) is 5.58. The molecule has 0 atom stereocenters. The molecule has 3 amide bonds. The molecular weight excluding hydrogens is 338 g/mol. The summed E-state index contributed by atoms with van der Waals surface area (Å²) in [6.07, 6.45) is 2.06. The topological polar surface area (TPSA) is 105 Å². The third-order valence-corrected chi connectivity index (χ3v) is 3.92. The standard InChI is InChI=1S/C18H23N3O5/c1-2-26-18(25)13-6-8-14(9-7-13)20-17(24)16(23)19-10-4-12-21-11-3-5-15(21)22/h6-9H,2-5,10-12H2,1H3,(H,19,23)(H,20,24). The van der Waals surface area contributed by atoms with Crippen LogP contribution < -0.4 is 10.6 Å². The lowest BCUT2D eigenvalue weighted by Gasteiger charge is -2.15. The molecule has 1 heterocycles. The maximum absolute atomic E-state index is 11.9. The minimum atomic E-state index is -0.786. The van der Waals surface area contributed by atoms with Crippen LogP contribution >= 0.6 is 0 Å². The fourth-order valence-corrected chi connectivity index (χ4v) is 2.58. The van der Waals surface area contributed by atoms with Crippen molar-refractivity contribution in [2.75, 3.05) is 31.6 Å². The van der Waals surface area contributed by atoms with Crippen LogP contribution in [-0.2, 0) is 19.1 Å². The van der Waals surface area contributed by atoms with Crippen molar-refractivity contribution < 1.29 is 23.9 Å². The van der Waals surface area contributed by atoms with Gasteiger partial charge in [-0.25, -0.2) is 4.79 Å². The van der Waals surface area contributed by atoms with Gasteiger partial charge in [-0.1, -0.05) is 0 Å². The molecule has 0 aromatic heterocycles. The number of hydrogen-bond acceptors (Lipinski definition) is 5. The Morgan fingerprint density at radius 2 is 1.88 bits per heavy atom. The van der Waals surface area contributed by atoms with E-state index in [-0.39, 0.29) is 12.5 Å². The van der Waals surface area contributed by atoms with Gasteiger partial charge >= 0.3 is 17.8 Å². The molecule has 1 aliphatic heterocycles. The van der Waals surface area contributed by atoms with Gasteiger partial charge in [0.25, 0.3) is 0 Å². The van der Waals surface area contributed by atoms with Crippen LogP contribution in [0.15, 0.2) is 24.3 Å². The van der Waals surface area contributed by atoms with E-state index in [0.717, 1.165) is 13.0 Å². The average Bonchev–Trinajstić information content (AvgIpc) is 3.04. The Hall–Kier alpha value is -2.90. The van der Waals surface area contributed by atoms with Crippen LogP contribution in [0.2, 0.25) is 0 Å². The van der Waals surface area contributed by atoms with Crippen LogP contribution in [-0.4, -0.2) is 54.8 Å². The summed E-state index contributed by atoms with van der Waals surface area (Å²) in [5.41, 5.74) is 0.770. The van der Waals surface area contributed by atoms with Gasteiger partial charge in [-0.15, -0.1) is 0 Å². The fourth-order valence-electron chi connectivity index (χ4n) is 2.58. The summed E-state index contributed by atoms with van der Waals surface area (Å²) < 4.78 is 4.87. The Morgan fingerprint density at radius 1 is 1.15 bits per heavy atom. The Labute approximate surface area is 151 Å². The zero-order valence-electron chi connectivity index (χ0n) is 14.7. The highest BCUT2D eigenvalue weighted by Crippen LogP contribution is 2.11. The summed E-state index contributed by atoms with van der Waals surface area (Å²) in [7, 11) is 0. The molecule has 2 rings (SSSR count). The van der Waals surface area contributed by atoms with Crippen molar-refractivity contribution >= 4 is 29.4 Å². The molecule has 1 saturated heterocycles. The highest BCUT2D eigenvalue weighted by Gasteiger charge is 2.19. The number of nitrogens with one attached hydrogen (secondary N) is 2. The second-order valence-corrected chi connectivity index (χ2v) is 5.85. The lowest BCUT2D eigenvalue weighted by Crippen LogP contribution is -2.37. The monoisotopic (exact) mass is 361 g/mol. The molecule has 1 fully saturated rings. The second-order valence-electron chi connectivity index (χ2n) is 5.85. The third-order valence-electron chi connectivity index (χ3n) is 3.92. The lowest BCUT2D eigenvalue weighted by molar-refractivity contribution is -0.136. The highest BCUT2D eigenvalue weighted by atomic mass is 16.5. The van der Waals surface area contributed by atoms with Gasteiger partial charge < -0.3 is 20.3 Å². The molecule has 0 radical (unpaired) electrons. The van der Waals surface area contributed by atoms with Crippen molar-refractivity contribution in [3.63, 3.8) is 0 Å². The van der Waals surface area contributed by atoms with Gasteiger partial charge in [-0.3, -0.25) is 14.4 Å². The first-order valence-corrected chi connectivity index (χ1v) is 8.65. The quantitative estimate of drug-likeness (QED) is 0.427. The summed E-state index contributed by atoms with van der Waals surface area (Å²) in [5, 5.41) is 4.99. The van der Waals surface area contributed by atoms with Crippen LogP contribution in [0.1, 0.15) is 36.5 Å². The van der Waals surface area contributed by atoms with Crippen LogP contribution in [0.3, 0.4) is 0 Å². The number of likely N-dealkylation sites (tertiary alicyclic amines) is 1. The normalized spacial score (nSPS) is 13.4. The number of nitrogens with zero attached hydrogens (tertiary/aromatic N) is 1. The zero-order chi connectivity index (χ0) is 18.9. The van der Waals surface area contributed by atoms with Crippen molar-refractivity contribution in [3.8, 4) is 0 Å². The van der Waals surface area contributed by atoms with E-state index in [4.69, 9.17) is 4.74 Å². The number of benzene rings is 1. The Bertz CT molecular complexity index is 672. The number of ether oxygens (including phenoxy) is 1. The maximum Gasteiger partial charge on any atom is 0.338 e. The number of anilines is 1. The average molecular weight is 361 g/mol. The predicted octanol–water partition coefficient (Wildman–Crippen LogP) is 0.930. The Morgan fingerprint density at radius 3 is 2.50 bits per heavy atom. The zero-order valence-corrected chi connectivity index (χ0v) is 14.7. The van der Waals surface area contributed by atoms with Crippen LogP contribution in [0.25, 0.3) is 0 Å². The van der Waals surface area contributed by atoms with Crippen molar-refractivity contribution in [1.29, 1.82) is 0 Å². The molecule has 26 heavy (non-hydrogen) atoms. The summed E-state index contributed by atoms with van der Waals surface area (Å²) in [6, 6.07) is 6.07. The second kappa shape index (κ2) is 9.55. The first kappa shape index (κ1) is 19.4. The molecule has 8 nitrogen and oxygen atoms in total. The molecule has 8 heteroatoms. The molecule has 0 aliphatic carbocycles. The first-order chi connectivity index (χ1) is 12.5. The van der Waals surface area contributed by atoms with Gasteiger partial charge in [0.1, 0.15) is 0 Å². The van der Waals surface area contributed by atoms with Crippen molar-refractivity contribution in [1.82, 2.24) is 10.2 Å². The summed E-state index contributed by atoms with van der Waals surface area (Å²) in [5.74, 6) is -1.83. The minimum Gasteiger partial charge on any atom is -0.462 e. The fraction of sp³-hybridized carbons (Fsp3) is 0.444. The van der Waals surface area contributed by atoms with E-state index < -0.39 is 17.8 Å². The van der Waals surface area contributed by atoms with Gasteiger partial charge in [0.2, 0.25) is 5.91 Å². The van der Waals surface area contributed by atoms with Gasteiger partial charge in [-0.05, 0) is 44.0 Å². The minimum absolute atomic E-state index is 0.139. The first-order valence-electron chi connectivity index (χ1n) is 8.65. The van der Waals surface area contributed by atoms with E-state index in [1.165, 1.54) is 24.3 Å². The number of rotatable bonds is 7. The smallest absolute Gasteiger partial charge is 0.338 e.